The van der Waals surface area contributed by atoms with Gasteiger partial charge in [-0.15, -0.1) is 12.4 Å². The lowest BCUT2D eigenvalue weighted by Gasteiger charge is -2.13. The van der Waals surface area contributed by atoms with E-state index in [0.717, 1.165) is 18.5 Å². The highest BCUT2D eigenvalue weighted by Crippen LogP contribution is 2.16. The maximum atomic E-state index is 11.7. The van der Waals surface area contributed by atoms with Gasteiger partial charge in [-0.25, -0.2) is 0 Å². The number of para-hydroxylation sites is 1. The van der Waals surface area contributed by atoms with Crippen LogP contribution in [0.1, 0.15) is 32.3 Å². The van der Waals surface area contributed by atoms with Crippen molar-refractivity contribution >= 4 is 24.0 Å². The summed E-state index contributed by atoms with van der Waals surface area (Å²) < 4.78 is 0. The summed E-state index contributed by atoms with van der Waals surface area (Å²) in [5.74, 6) is -0.106. The first-order valence-corrected chi connectivity index (χ1v) is 5.83. The molecule has 0 fully saturated rings. The van der Waals surface area contributed by atoms with Gasteiger partial charge >= 0.3 is 0 Å². The molecule has 0 radical (unpaired) electrons. The third-order valence-electron chi connectivity index (χ3n) is 2.57. The van der Waals surface area contributed by atoms with Crippen molar-refractivity contribution in [2.75, 3.05) is 5.32 Å². The average molecular weight is 257 g/mol. The summed E-state index contributed by atoms with van der Waals surface area (Å²) in [4.78, 5) is 11.7. The molecule has 1 rings (SSSR count). The SMILES string of the molecule is CCCc1ccccc1NC(=O)[C@@H](N)CC.Cl. The summed E-state index contributed by atoms with van der Waals surface area (Å²) in [7, 11) is 0. The van der Waals surface area contributed by atoms with Crippen LogP contribution < -0.4 is 11.1 Å². The molecule has 17 heavy (non-hydrogen) atoms. The Balaban J connectivity index is 0.00000256. The minimum absolute atomic E-state index is 0. The van der Waals surface area contributed by atoms with E-state index in [9.17, 15) is 4.79 Å². The van der Waals surface area contributed by atoms with Gasteiger partial charge in [0, 0.05) is 5.69 Å². The van der Waals surface area contributed by atoms with E-state index >= 15 is 0 Å². The lowest BCUT2D eigenvalue weighted by atomic mass is 10.1. The van der Waals surface area contributed by atoms with E-state index in [-0.39, 0.29) is 18.3 Å². The monoisotopic (exact) mass is 256 g/mol. The number of halogens is 1. The fourth-order valence-corrected chi connectivity index (χ4v) is 1.54. The zero-order chi connectivity index (χ0) is 12.0. The predicted molar refractivity (Wildman–Crippen MR) is 74.6 cm³/mol. The van der Waals surface area contributed by atoms with Crippen LogP contribution in [-0.2, 0) is 11.2 Å². The minimum Gasteiger partial charge on any atom is -0.324 e. The smallest absolute Gasteiger partial charge is 0.241 e. The maximum Gasteiger partial charge on any atom is 0.241 e. The van der Waals surface area contributed by atoms with E-state index in [2.05, 4.69) is 12.2 Å². The predicted octanol–water partition coefficient (Wildman–Crippen LogP) is 2.74. The van der Waals surface area contributed by atoms with Crippen LogP contribution in [0.15, 0.2) is 24.3 Å². The first-order valence-electron chi connectivity index (χ1n) is 5.83. The number of carbonyl (C=O) groups is 1. The fourth-order valence-electron chi connectivity index (χ4n) is 1.54. The number of hydrogen-bond acceptors (Lipinski definition) is 2. The molecule has 0 heterocycles. The summed E-state index contributed by atoms with van der Waals surface area (Å²) in [5.41, 5.74) is 7.73. The molecule has 1 atom stereocenters. The molecule has 1 aromatic rings. The highest BCUT2D eigenvalue weighted by atomic mass is 35.5. The van der Waals surface area contributed by atoms with Crippen molar-refractivity contribution in [3.05, 3.63) is 29.8 Å². The third-order valence-corrected chi connectivity index (χ3v) is 2.57. The molecule has 0 aromatic heterocycles. The van der Waals surface area contributed by atoms with Crippen LogP contribution in [-0.4, -0.2) is 11.9 Å². The standard InChI is InChI=1S/C13H20N2O.ClH/c1-3-7-10-8-5-6-9-12(10)15-13(16)11(14)4-2;/h5-6,8-9,11H,3-4,7,14H2,1-2H3,(H,15,16);1H/t11-;/m0./s1. The summed E-state index contributed by atoms with van der Waals surface area (Å²) in [6.07, 6.45) is 2.69. The lowest BCUT2D eigenvalue weighted by molar-refractivity contribution is -0.117. The van der Waals surface area contributed by atoms with Crippen molar-refractivity contribution in [1.29, 1.82) is 0 Å². The number of aryl methyl sites for hydroxylation is 1. The van der Waals surface area contributed by atoms with Crippen LogP contribution in [0, 0.1) is 0 Å². The Kier molecular flexibility index (Phi) is 7.59. The van der Waals surface area contributed by atoms with Gasteiger partial charge in [-0.3, -0.25) is 4.79 Å². The van der Waals surface area contributed by atoms with E-state index in [4.69, 9.17) is 5.73 Å². The number of hydrogen-bond donors (Lipinski definition) is 2. The number of amides is 1. The van der Waals surface area contributed by atoms with Crippen molar-refractivity contribution in [3.63, 3.8) is 0 Å². The van der Waals surface area contributed by atoms with Gasteiger partial charge in [0.15, 0.2) is 0 Å². The number of nitrogens with two attached hydrogens (primary N) is 1. The van der Waals surface area contributed by atoms with Gasteiger partial charge in [-0.1, -0.05) is 38.5 Å². The number of carbonyl (C=O) groups excluding carboxylic acids is 1. The molecule has 0 spiro atoms. The zero-order valence-electron chi connectivity index (χ0n) is 10.4. The molecule has 96 valence electrons. The molecule has 0 saturated carbocycles. The molecular weight excluding hydrogens is 236 g/mol. The Morgan fingerprint density at radius 2 is 2.00 bits per heavy atom. The van der Waals surface area contributed by atoms with E-state index < -0.39 is 6.04 Å². The van der Waals surface area contributed by atoms with E-state index in [1.54, 1.807) is 0 Å². The van der Waals surface area contributed by atoms with Crippen LogP contribution in [0.25, 0.3) is 0 Å². The van der Waals surface area contributed by atoms with Gasteiger partial charge in [0.1, 0.15) is 0 Å². The van der Waals surface area contributed by atoms with Crippen molar-refractivity contribution in [2.45, 2.75) is 39.2 Å². The zero-order valence-corrected chi connectivity index (χ0v) is 11.2. The Morgan fingerprint density at radius 1 is 1.35 bits per heavy atom. The van der Waals surface area contributed by atoms with Crippen molar-refractivity contribution in [1.82, 2.24) is 0 Å². The summed E-state index contributed by atoms with van der Waals surface area (Å²) in [6, 6.07) is 7.45. The van der Waals surface area contributed by atoms with Crippen molar-refractivity contribution < 1.29 is 4.79 Å². The molecule has 3 N–H and O–H groups in total. The van der Waals surface area contributed by atoms with Gasteiger partial charge in [0.2, 0.25) is 5.91 Å². The van der Waals surface area contributed by atoms with E-state index in [1.165, 1.54) is 5.56 Å². The highest BCUT2D eigenvalue weighted by Gasteiger charge is 2.12. The second-order valence-electron chi connectivity index (χ2n) is 3.91. The van der Waals surface area contributed by atoms with Crippen molar-refractivity contribution in [3.8, 4) is 0 Å². The Hall–Kier alpha value is -1.06. The van der Waals surface area contributed by atoms with Gasteiger partial charge in [-0.2, -0.15) is 0 Å². The molecule has 0 aliphatic rings. The van der Waals surface area contributed by atoms with Crippen molar-refractivity contribution in [2.24, 2.45) is 5.73 Å². The van der Waals surface area contributed by atoms with Crippen LogP contribution in [0.2, 0.25) is 0 Å². The molecule has 0 unspecified atom stereocenters. The van der Waals surface area contributed by atoms with Crippen LogP contribution in [0.3, 0.4) is 0 Å². The molecule has 4 heteroatoms. The fraction of sp³-hybridized carbons (Fsp3) is 0.462. The third kappa shape index (κ3) is 4.75. The Morgan fingerprint density at radius 3 is 2.59 bits per heavy atom. The topological polar surface area (TPSA) is 55.1 Å². The Bertz CT molecular complexity index is 355. The molecule has 0 saturated heterocycles. The molecule has 0 aliphatic heterocycles. The molecule has 3 nitrogen and oxygen atoms in total. The Labute approximate surface area is 109 Å². The molecule has 1 amide bonds. The number of benzene rings is 1. The van der Waals surface area contributed by atoms with Gasteiger partial charge in [-0.05, 0) is 24.5 Å². The number of nitrogens with one attached hydrogen (secondary N) is 1. The average Bonchev–Trinajstić information content (AvgIpc) is 2.31. The number of rotatable bonds is 5. The summed E-state index contributed by atoms with van der Waals surface area (Å²) in [6.45, 7) is 4.03. The summed E-state index contributed by atoms with van der Waals surface area (Å²) in [5, 5.41) is 2.88. The maximum absolute atomic E-state index is 11.7. The van der Waals surface area contributed by atoms with Gasteiger partial charge in [0.05, 0.1) is 6.04 Å². The number of anilines is 1. The molecular formula is C13H21ClN2O. The molecule has 1 aromatic carbocycles. The van der Waals surface area contributed by atoms with Gasteiger partial charge in [0.25, 0.3) is 0 Å². The highest BCUT2D eigenvalue weighted by molar-refractivity contribution is 5.95. The van der Waals surface area contributed by atoms with Crippen LogP contribution >= 0.6 is 12.4 Å². The van der Waals surface area contributed by atoms with E-state index in [0.29, 0.717) is 6.42 Å². The molecule has 0 aliphatic carbocycles. The second-order valence-corrected chi connectivity index (χ2v) is 3.91. The first kappa shape index (κ1) is 15.9. The van der Waals surface area contributed by atoms with E-state index in [1.807, 2.05) is 31.2 Å². The lowest BCUT2D eigenvalue weighted by Crippen LogP contribution is -2.35. The minimum atomic E-state index is -0.422. The van der Waals surface area contributed by atoms with Crippen LogP contribution in [0.4, 0.5) is 5.69 Å². The second kappa shape index (κ2) is 8.09. The first-order chi connectivity index (χ1) is 7.69. The summed E-state index contributed by atoms with van der Waals surface area (Å²) >= 11 is 0. The normalized spacial score (nSPS) is 11.5. The quantitative estimate of drug-likeness (QED) is 0.851. The largest absolute Gasteiger partial charge is 0.324 e. The van der Waals surface area contributed by atoms with Gasteiger partial charge < -0.3 is 11.1 Å². The molecule has 0 bridgehead atoms. The van der Waals surface area contributed by atoms with Crippen LogP contribution in [0.5, 0.6) is 0 Å².